The maximum Gasteiger partial charge on any atom is 0.335 e. The van der Waals surface area contributed by atoms with Crippen LogP contribution in [0.15, 0.2) is 24.3 Å². The molecule has 0 aliphatic heterocycles. The van der Waals surface area contributed by atoms with Crippen LogP contribution in [0.25, 0.3) is 0 Å². The highest BCUT2D eigenvalue weighted by Crippen LogP contribution is 2.11. The summed E-state index contributed by atoms with van der Waals surface area (Å²) in [7, 11) is 0. The molecule has 12 heavy (non-hydrogen) atoms. The molecular weight excluding hydrogens is 162 g/mol. The van der Waals surface area contributed by atoms with E-state index in [1.54, 1.807) is 0 Å². The summed E-state index contributed by atoms with van der Waals surface area (Å²) in [6.07, 6.45) is 0. The van der Waals surface area contributed by atoms with E-state index >= 15 is 0 Å². The van der Waals surface area contributed by atoms with Crippen LogP contribution in [0.3, 0.4) is 0 Å². The van der Waals surface area contributed by atoms with E-state index in [0.717, 1.165) is 0 Å². The van der Waals surface area contributed by atoms with Crippen LogP contribution in [0.4, 0.5) is 5.69 Å². The van der Waals surface area contributed by atoms with Gasteiger partial charge in [0, 0.05) is 0 Å². The number of benzene rings is 1. The standard InChI is InChI=1S/C7H6NO4/c9-7(10)5-1-3-6(4-2-5)8(11)12/h1-4,11H,(H,9,10). The van der Waals surface area contributed by atoms with Crippen molar-refractivity contribution in [3.8, 4) is 0 Å². The van der Waals surface area contributed by atoms with Crippen molar-refractivity contribution in [1.29, 1.82) is 0 Å². The summed E-state index contributed by atoms with van der Waals surface area (Å²) in [5.41, 5.74) is 0.0700. The predicted octanol–water partition coefficient (Wildman–Crippen LogP) is 0.926. The fourth-order valence-electron chi connectivity index (χ4n) is 0.732. The highest BCUT2D eigenvalue weighted by Gasteiger charge is 2.03. The lowest BCUT2D eigenvalue weighted by molar-refractivity contribution is -0.0268. The zero-order valence-electron chi connectivity index (χ0n) is 5.97. The van der Waals surface area contributed by atoms with Gasteiger partial charge in [-0.1, -0.05) is 10.4 Å². The maximum absolute atomic E-state index is 10.3. The summed E-state index contributed by atoms with van der Waals surface area (Å²) >= 11 is 0. The van der Waals surface area contributed by atoms with Gasteiger partial charge < -0.3 is 5.11 Å². The Bertz CT molecular complexity index is 280. The molecule has 0 saturated carbocycles. The molecule has 5 heteroatoms. The van der Waals surface area contributed by atoms with Crippen molar-refractivity contribution in [1.82, 2.24) is 0 Å². The fourth-order valence-corrected chi connectivity index (χ4v) is 0.732. The number of anilines is 1. The lowest BCUT2D eigenvalue weighted by atomic mass is 10.2. The molecule has 0 aromatic heterocycles. The van der Waals surface area contributed by atoms with Crippen molar-refractivity contribution in [3.63, 3.8) is 0 Å². The average Bonchev–Trinajstić information content (AvgIpc) is 2.04. The molecule has 1 rings (SSSR count). The van der Waals surface area contributed by atoms with E-state index < -0.39 is 5.97 Å². The van der Waals surface area contributed by atoms with Gasteiger partial charge in [-0.25, -0.2) is 4.79 Å². The molecule has 0 aliphatic rings. The minimum absolute atomic E-state index is 0.000000000000000444. The third kappa shape index (κ3) is 1.71. The van der Waals surface area contributed by atoms with E-state index in [0.29, 0.717) is 0 Å². The number of carbonyl (C=O) groups is 1. The number of aromatic carboxylic acids is 1. The molecule has 0 fully saturated rings. The van der Waals surface area contributed by atoms with Gasteiger partial charge >= 0.3 is 5.97 Å². The van der Waals surface area contributed by atoms with Crippen molar-refractivity contribution in [2.24, 2.45) is 0 Å². The van der Waals surface area contributed by atoms with Crippen molar-refractivity contribution < 1.29 is 20.3 Å². The number of hydrogen-bond donors (Lipinski definition) is 2. The summed E-state index contributed by atoms with van der Waals surface area (Å²) in [6.45, 7) is 0. The SMILES string of the molecule is [O]N(O)c1ccc(C(=O)O)cc1. The van der Waals surface area contributed by atoms with Crippen molar-refractivity contribution in [3.05, 3.63) is 29.8 Å². The van der Waals surface area contributed by atoms with Gasteiger partial charge in [-0.05, 0) is 24.3 Å². The summed E-state index contributed by atoms with van der Waals surface area (Å²) in [5, 5.41) is 26.8. The molecule has 0 saturated heterocycles. The van der Waals surface area contributed by atoms with Crippen LogP contribution in [0, 0.1) is 0 Å². The minimum atomic E-state index is -1.07. The molecule has 0 unspecified atom stereocenters. The van der Waals surface area contributed by atoms with Crippen LogP contribution < -0.4 is 5.23 Å². The van der Waals surface area contributed by atoms with Gasteiger partial charge in [0.1, 0.15) is 0 Å². The molecular formula is C7H6NO4. The van der Waals surface area contributed by atoms with Gasteiger partial charge in [0.05, 0.1) is 11.3 Å². The Kier molecular flexibility index (Phi) is 2.27. The van der Waals surface area contributed by atoms with Gasteiger partial charge in [0.15, 0.2) is 0 Å². The molecule has 0 bridgehead atoms. The lowest BCUT2D eigenvalue weighted by Crippen LogP contribution is -2.08. The van der Waals surface area contributed by atoms with Crippen LogP contribution >= 0.6 is 0 Å². The highest BCUT2D eigenvalue weighted by molar-refractivity contribution is 5.87. The molecule has 1 aromatic carbocycles. The Morgan fingerprint density at radius 2 is 1.75 bits per heavy atom. The quantitative estimate of drug-likeness (QED) is 0.643. The van der Waals surface area contributed by atoms with E-state index in [2.05, 4.69) is 0 Å². The first-order valence-electron chi connectivity index (χ1n) is 3.11. The Morgan fingerprint density at radius 3 is 2.08 bits per heavy atom. The molecule has 2 N–H and O–H groups in total. The topological polar surface area (TPSA) is 80.7 Å². The Hall–Kier alpha value is -1.59. The number of carboxylic acids is 1. The molecule has 63 valence electrons. The van der Waals surface area contributed by atoms with Gasteiger partial charge in [-0.2, -0.15) is 0 Å². The molecule has 0 heterocycles. The van der Waals surface area contributed by atoms with Gasteiger partial charge in [-0.15, -0.1) is 0 Å². The lowest BCUT2D eigenvalue weighted by Gasteiger charge is -2.03. The zero-order chi connectivity index (χ0) is 9.14. The predicted molar refractivity (Wildman–Crippen MR) is 38.4 cm³/mol. The average molecular weight is 168 g/mol. The normalized spacial score (nSPS) is 9.50. The van der Waals surface area contributed by atoms with Crippen LogP contribution in [-0.4, -0.2) is 16.3 Å². The van der Waals surface area contributed by atoms with Gasteiger partial charge in [-0.3, -0.25) is 5.21 Å². The van der Waals surface area contributed by atoms with Gasteiger partial charge in [0.2, 0.25) is 0 Å². The summed E-state index contributed by atoms with van der Waals surface area (Å²) < 4.78 is 0. The highest BCUT2D eigenvalue weighted by atomic mass is 16.8. The van der Waals surface area contributed by atoms with E-state index in [1.165, 1.54) is 24.3 Å². The smallest absolute Gasteiger partial charge is 0.335 e. The molecule has 0 atom stereocenters. The number of rotatable bonds is 2. The van der Waals surface area contributed by atoms with Crippen molar-refractivity contribution in [2.75, 3.05) is 5.23 Å². The second-order valence-electron chi connectivity index (χ2n) is 2.12. The summed E-state index contributed by atoms with van der Waals surface area (Å²) in [5.74, 6) is -1.07. The van der Waals surface area contributed by atoms with Crippen LogP contribution in [0.5, 0.6) is 0 Å². The first-order chi connectivity index (χ1) is 5.61. The number of carboxylic acid groups (broad SMARTS) is 1. The van der Waals surface area contributed by atoms with Crippen LogP contribution in [0.2, 0.25) is 0 Å². The monoisotopic (exact) mass is 168 g/mol. The number of nitrogens with zero attached hydrogens (tertiary/aromatic N) is 1. The molecule has 0 aliphatic carbocycles. The Labute approximate surface area is 68.0 Å². The third-order valence-corrected chi connectivity index (χ3v) is 1.34. The van der Waals surface area contributed by atoms with Crippen molar-refractivity contribution >= 4 is 11.7 Å². The Balaban J connectivity index is 2.93. The molecule has 0 spiro atoms. The van der Waals surface area contributed by atoms with Crippen LogP contribution in [0.1, 0.15) is 10.4 Å². The molecule has 1 aromatic rings. The second kappa shape index (κ2) is 3.21. The summed E-state index contributed by atoms with van der Waals surface area (Å²) in [6, 6.07) is 4.91. The molecule has 1 radical (unpaired) electrons. The van der Waals surface area contributed by atoms with E-state index in [-0.39, 0.29) is 16.5 Å². The molecule has 5 nitrogen and oxygen atoms in total. The largest absolute Gasteiger partial charge is 0.478 e. The maximum atomic E-state index is 10.3. The zero-order valence-corrected chi connectivity index (χ0v) is 5.97. The van der Waals surface area contributed by atoms with E-state index in [9.17, 15) is 10.0 Å². The number of hydrogen-bond acceptors (Lipinski definition) is 3. The van der Waals surface area contributed by atoms with E-state index in [1.807, 2.05) is 0 Å². The first kappa shape index (κ1) is 8.51. The third-order valence-electron chi connectivity index (χ3n) is 1.34. The first-order valence-corrected chi connectivity index (χ1v) is 3.11. The minimum Gasteiger partial charge on any atom is -0.478 e. The summed E-state index contributed by atoms with van der Waals surface area (Å²) in [4.78, 5) is 10.3. The second-order valence-corrected chi connectivity index (χ2v) is 2.12. The fraction of sp³-hybridized carbons (Fsp3) is 0. The van der Waals surface area contributed by atoms with Crippen molar-refractivity contribution in [2.45, 2.75) is 0 Å². The van der Waals surface area contributed by atoms with Crippen LogP contribution in [-0.2, 0) is 5.21 Å². The van der Waals surface area contributed by atoms with Gasteiger partial charge in [0.25, 0.3) is 0 Å². The Morgan fingerprint density at radius 1 is 1.25 bits per heavy atom. The van der Waals surface area contributed by atoms with E-state index in [4.69, 9.17) is 10.3 Å². The molecule has 0 amide bonds.